The maximum Gasteiger partial charge on any atom is 0.408 e. The number of benzene rings is 4. The number of hydrogen-bond acceptors (Lipinski definition) is 9. The summed E-state index contributed by atoms with van der Waals surface area (Å²) in [6.07, 6.45) is 1.51. The van der Waals surface area contributed by atoms with Crippen molar-refractivity contribution in [2.75, 3.05) is 20.3 Å². The van der Waals surface area contributed by atoms with E-state index in [0.29, 0.717) is 24.3 Å². The Morgan fingerprint density at radius 3 is 1.91 bits per heavy atom. The maximum absolute atomic E-state index is 13.9. The normalized spacial score (nSPS) is 13.3. The lowest BCUT2D eigenvalue weighted by atomic mass is 9.97. The number of rotatable bonds is 24. The summed E-state index contributed by atoms with van der Waals surface area (Å²) in [6, 6.07) is 32.5. The molecule has 5 atom stereocenters. The smallest absolute Gasteiger partial charge is 0.408 e. The Kier molecular flexibility index (Phi) is 18.7. The average molecular weight is 792 g/mol. The molecule has 0 aliphatic rings. The van der Waals surface area contributed by atoms with E-state index >= 15 is 0 Å². The van der Waals surface area contributed by atoms with E-state index in [2.05, 4.69) is 29.1 Å². The van der Waals surface area contributed by atoms with E-state index in [1.165, 1.54) is 13.2 Å². The molecule has 0 aromatic heterocycles. The van der Waals surface area contributed by atoms with Gasteiger partial charge in [0.1, 0.15) is 31.1 Å². The van der Waals surface area contributed by atoms with Crippen molar-refractivity contribution in [2.45, 2.75) is 63.1 Å². The number of amides is 3. The minimum Gasteiger partial charge on any atom is -0.489 e. The van der Waals surface area contributed by atoms with Crippen LogP contribution in [-0.2, 0) is 48.2 Å². The fraction of sp³-hybridized carbons (Fsp3) is 0.304. The molecule has 58 heavy (non-hydrogen) atoms. The third-order valence-electron chi connectivity index (χ3n) is 9.10. The van der Waals surface area contributed by atoms with Crippen LogP contribution in [0.1, 0.15) is 47.6 Å². The molecule has 0 saturated carbocycles. The molecule has 0 spiro atoms. The highest BCUT2D eigenvalue weighted by molar-refractivity contribution is 5.86. The summed E-state index contributed by atoms with van der Waals surface area (Å²) in [7, 11) is 1.45. The fourth-order valence-electron chi connectivity index (χ4n) is 6.11. The van der Waals surface area contributed by atoms with Crippen molar-refractivity contribution in [3.8, 4) is 5.75 Å². The molecule has 4 rings (SSSR count). The van der Waals surface area contributed by atoms with Gasteiger partial charge in [0.05, 0.1) is 31.2 Å². The highest BCUT2D eigenvalue weighted by Gasteiger charge is 2.34. The van der Waals surface area contributed by atoms with Crippen molar-refractivity contribution >= 4 is 23.9 Å². The highest BCUT2D eigenvalue weighted by atomic mass is 16.6. The zero-order valence-electron chi connectivity index (χ0n) is 32.8. The van der Waals surface area contributed by atoms with E-state index in [1.807, 2.05) is 72.8 Å². The molecule has 4 aromatic rings. The van der Waals surface area contributed by atoms with Crippen LogP contribution in [0.25, 0.3) is 0 Å². The molecule has 0 aliphatic carbocycles. The van der Waals surface area contributed by atoms with Crippen LogP contribution in [0.15, 0.2) is 141 Å². The number of carbonyl (C=O) groups is 4. The monoisotopic (exact) mass is 791 g/mol. The Hall–Kier alpha value is -6.24. The average Bonchev–Trinajstić information content (AvgIpc) is 3.24. The Bertz CT molecular complexity index is 1880. The third-order valence-corrected chi connectivity index (χ3v) is 9.10. The first-order chi connectivity index (χ1) is 28.2. The van der Waals surface area contributed by atoms with Crippen molar-refractivity contribution in [1.29, 1.82) is 0 Å². The van der Waals surface area contributed by atoms with Crippen LogP contribution in [0, 0.1) is 5.92 Å². The lowest BCUT2D eigenvalue weighted by molar-refractivity contribution is -0.155. The van der Waals surface area contributed by atoms with E-state index in [4.69, 9.17) is 18.9 Å². The molecule has 12 heteroatoms. The number of alkyl carbamates (subject to hydrolysis) is 1. The Morgan fingerprint density at radius 1 is 0.724 bits per heavy atom. The number of nitrogens with one attached hydrogen (secondary N) is 3. The molecule has 4 aromatic carbocycles. The summed E-state index contributed by atoms with van der Waals surface area (Å²) < 4.78 is 22.7. The Morgan fingerprint density at radius 2 is 1.33 bits per heavy atom. The van der Waals surface area contributed by atoms with E-state index in [9.17, 15) is 24.3 Å². The zero-order chi connectivity index (χ0) is 41.5. The number of hydrogen-bond donors (Lipinski definition) is 4. The minimum absolute atomic E-state index is 0.00120. The van der Waals surface area contributed by atoms with Crippen molar-refractivity contribution in [1.82, 2.24) is 16.0 Å². The number of allylic oxidation sites excluding steroid dienone is 1. The topological polar surface area (TPSA) is 162 Å². The second-order valence-electron chi connectivity index (χ2n) is 13.6. The summed E-state index contributed by atoms with van der Waals surface area (Å²) in [6.45, 7) is 7.54. The van der Waals surface area contributed by atoms with E-state index in [-0.39, 0.29) is 39.1 Å². The fourth-order valence-corrected chi connectivity index (χ4v) is 6.11. The molecule has 0 saturated heterocycles. The number of carbonyl (C=O) groups excluding carboxylic acids is 4. The number of aliphatic hydroxyl groups excluding tert-OH is 1. The third kappa shape index (κ3) is 15.0. The molecule has 3 amide bonds. The number of aliphatic hydroxyl groups is 1. The second kappa shape index (κ2) is 24.4. The molecule has 0 bridgehead atoms. The van der Waals surface area contributed by atoms with Crippen molar-refractivity contribution < 1.29 is 43.2 Å². The maximum atomic E-state index is 13.9. The lowest BCUT2D eigenvalue weighted by Crippen LogP contribution is -2.49. The molecule has 5 unspecified atom stereocenters. The van der Waals surface area contributed by atoms with Crippen molar-refractivity contribution in [2.24, 2.45) is 5.92 Å². The first kappa shape index (κ1) is 44.5. The molecule has 4 N–H and O–H groups in total. The van der Waals surface area contributed by atoms with Gasteiger partial charge in [-0.2, -0.15) is 0 Å². The predicted molar refractivity (Wildman–Crippen MR) is 220 cm³/mol. The molecule has 0 aliphatic heterocycles. The SMILES string of the molecule is C=CCC(CC(=O)NC(CO)Cc1ccc(OCc2ccccc2)cc1)C(=O)NC(COC)C(OC(=O)C(CC=C)NC(=O)OCc1ccccc1)c1ccccc1. The molecular weight excluding hydrogens is 739 g/mol. The van der Waals surface area contributed by atoms with Crippen LogP contribution in [0.3, 0.4) is 0 Å². The number of methoxy groups -OCH3 is 1. The Balaban J connectivity index is 1.39. The van der Waals surface area contributed by atoms with Gasteiger partial charge in [-0.05, 0) is 53.6 Å². The van der Waals surface area contributed by atoms with Crippen LogP contribution in [0.2, 0.25) is 0 Å². The summed E-state index contributed by atoms with van der Waals surface area (Å²) in [5, 5.41) is 18.5. The van der Waals surface area contributed by atoms with Crippen LogP contribution in [-0.4, -0.2) is 67.4 Å². The quantitative estimate of drug-likeness (QED) is 0.0482. The molecule has 306 valence electrons. The van der Waals surface area contributed by atoms with Gasteiger partial charge in [-0.1, -0.05) is 115 Å². The predicted octanol–water partition coefficient (Wildman–Crippen LogP) is 6.15. The van der Waals surface area contributed by atoms with Crippen LogP contribution < -0.4 is 20.7 Å². The minimum atomic E-state index is -1.14. The van der Waals surface area contributed by atoms with Crippen molar-refractivity contribution in [3.05, 3.63) is 163 Å². The number of ether oxygens (including phenoxy) is 4. The highest BCUT2D eigenvalue weighted by Crippen LogP contribution is 2.25. The number of esters is 1. The second-order valence-corrected chi connectivity index (χ2v) is 13.6. The lowest BCUT2D eigenvalue weighted by Gasteiger charge is -2.30. The van der Waals surface area contributed by atoms with Gasteiger partial charge in [-0.3, -0.25) is 9.59 Å². The van der Waals surface area contributed by atoms with Gasteiger partial charge in [0, 0.05) is 13.5 Å². The van der Waals surface area contributed by atoms with Gasteiger partial charge in [-0.15, -0.1) is 13.2 Å². The summed E-state index contributed by atoms with van der Waals surface area (Å²) >= 11 is 0. The molecular formula is C46H53N3O9. The van der Waals surface area contributed by atoms with Gasteiger partial charge in [0.15, 0.2) is 0 Å². The van der Waals surface area contributed by atoms with Crippen molar-refractivity contribution in [3.63, 3.8) is 0 Å². The van der Waals surface area contributed by atoms with E-state index in [0.717, 1.165) is 16.7 Å². The largest absolute Gasteiger partial charge is 0.489 e. The molecule has 0 heterocycles. The standard InChI is InChI=1S/C46H53N3O9/c1-4-15-37(28-42(51)47-38(29-50)27-33-23-25-39(26-24-33)56-30-34-17-9-6-10-18-34)44(52)48-41(32-55-3)43(36-21-13-8-14-22-36)58-45(53)40(16-5-2)49-46(54)57-31-35-19-11-7-12-20-35/h4-14,17-26,37-38,40-41,43,50H,1-2,15-16,27-32H2,3H3,(H,47,51)(H,48,52)(H,49,54). The first-order valence-corrected chi connectivity index (χ1v) is 19.1. The van der Waals surface area contributed by atoms with Crippen LogP contribution in [0.4, 0.5) is 4.79 Å². The zero-order valence-corrected chi connectivity index (χ0v) is 32.8. The van der Waals surface area contributed by atoms with Gasteiger partial charge < -0.3 is 40.0 Å². The molecule has 12 nitrogen and oxygen atoms in total. The summed E-state index contributed by atoms with van der Waals surface area (Å²) in [4.78, 5) is 53.6. The van der Waals surface area contributed by atoms with Crippen LogP contribution in [0.5, 0.6) is 5.75 Å². The molecule has 0 radical (unpaired) electrons. The van der Waals surface area contributed by atoms with Crippen LogP contribution >= 0.6 is 0 Å². The van der Waals surface area contributed by atoms with E-state index in [1.54, 1.807) is 48.5 Å². The van der Waals surface area contributed by atoms with Gasteiger partial charge in [-0.25, -0.2) is 9.59 Å². The first-order valence-electron chi connectivity index (χ1n) is 19.1. The van der Waals surface area contributed by atoms with E-state index < -0.39 is 54.0 Å². The molecule has 0 fully saturated rings. The summed E-state index contributed by atoms with van der Waals surface area (Å²) in [5.41, 5.74) is 3.26. The van der Waals surface area contributed by atoms with Gasteiger partial charge in [0.25, 0.3) is 0 Å². The van der Waals surface area contributed by atoms with Gasteiger partial charge in [0.2, 0.25) is 11.8 Å². The summed E-state index contributed by atoms with van der Waals surface area (Å²) in [5.74, 6) is -1.87. The Labute approximate surface area is 340 Å². The van der Waals surface area contributed by atoms with Gasteiger partial charge >= 0.3 is 12.1 Å².